The summed E-state index contributed by atoms with van der Waals surface area (Å²) in [5.41, 5.74) is 7.30. The lowest BCUT2D eigenvalue weighted by molar-refractivity contribution is 0.0525. The number of rotatable bonds is 4. The maximum absolute atomic E-state index is 11.6. The van der Waals surface area contributed by atoms with Crippen molar-refractivity contribution in [2.24, 2.45) is 5.73 Å². The van der Waals surface area contributed by atoms with Crippen molar-refractivity contribution in [1.29, 1.82) is 0 Å². The van der Waals surface area contributed by atoms with Crippen LogP contribution in [0.4, 0.5) is 4.79 Å². The third-order valence-electron chi connectivity index (χ3n) is 2.77. The number of hydrogen-bond donors (Lipinski definition) is 2. The third-order valence-corrected chi connectivity index (χ3v) is 3.10. The molecule has 3 N–H and O–H groups in total. The fourth-order valence-electron chi connectivity index (χ4n) is 1.80. The molecule has 0 fully saturated rings. The van der Waals surface area contributed by atoms with E-state index in [2.05, 4.69) is 5.32 Å². The van der Waals surface area contributed by atoms with Crippen LogP contribution in [0, 0.1) is 6.92 Å². The zero-order valence-corrected chi connectivity index (χ0v) is 13.3. The van der Waals surface area contributed by atoms with Gasteiger partial charge in [-0.25, -0.2) is 4.79 Å². The smallest absolute Gasteiger partial charge is 0.407 e. The average Bonchev–Trinajstić information content (AvgIpc) is 2.29. The molecule has 1 amide bonds. The molecule has 1 aromatic rings. The zero-order valence-electron chi connectivity index (χ0n) is 12.5. The number of carbonyl (C=O) groups is 1. The highest BCUT2D eigenvalue weighted by Gasteiger charge is 2.18. The molecule has 0 saturated carbocycles. The Hall–Kier alpha value is -1.26. The number of benzene rings is 1. The number of halogens is 1. The van der Waals surface area contributed by atoms with Crippen LogP contribution in [0.2, 0.25) is 5.02 Å². The molecular weight excluding hydrogens is 276 g/mol. The molecule has 1 rings (SSSR count). The Kier molecular flexibility index (Phi) is 5.84. The Balaban J connectivity index is 2.66. The highest BCUT2D eigenvalue weighted by molar-refractivity contribution is 6.31. The topological polar surface area (TPSA) is 64.3 Å². The van der Waals surface area contributed by atoms with Gasteiger partial charge in [0.05, 0.1) is 0 Å². The molecule has 1 unspecified atom stereocenters. The number of carbonyl (C=O) groups excluding carboxylic acids is 1. The Bertz CT molecular complexity index is 469. The first-order valence-electron chi connectivity index (χ1n) is 6.66. The second-order valence-corrected chi connectivity index (χ2v) is 6.25. The molecule has 0 aliphatic heterocycles. The lowest BCUT2D eigenvalue weighted by Crippen LogP contribution is -2.36. The van der Waals surface area contributed by atoms with Crippen LogP contribution in [0.3, 0.4) is 0 Å². The van der Waals surface area contributed by atoms with Gasteiger partial charge in [-0.3, -0.25) is 0 Å². The lowest BCUT2D eigenvalue weighted by atomic mass is 9.98. The minimum absolute atomic E-state index is 0.0318. The second-order valence-electron chi connectivity index (χ2n) is 5.84. The Morgan fingerprint density at radius 1 is 1.45 bits per heavy atom. The van der Waals surface area contributed by atoms with Crippen molar-refractivity contribution in [3.8, 4) is 0 Å². The lowest BCUT2D eigenvalue weighted by Gasteiger charge is -2.22. The van der Waals surface area contributed by atoms with Crippen LogP contribution >= 0.6 is 11.6 Å². The zero-order chi connectivity index (χ0) is 15.3. The van der Waals surface area contributed by atoms with E-state index < -0.39 is 11.7 Å². The summed E-state index contributed by atoms with van der Waals surface area (Å²) in [6.45, 7) is 8.25. The summed E-state index contributed by atoms with van der Waals surface area (Å²) >= 11 is 6.23. The van der Waals surface area contributed by atoms with Crippen molar-refractivity contribution in [1.82, 2.24) is 5.32 Å². The molecule has 4 nitrogen and oxygen atoms in total. The van der Waals surface area contributed by atoms with Crippen molar-refractivity contribution in [2.75, 3.05) is 13.1 Å². The predicted octanol–water partition coefficient (Wildman–Crippen LogP) is 3.22. The molecule has 0 aliphatic carbocycles. The number of nitrogens with one attached hydrogen (secondary N) is 1. The summed E-state index contributed by atoms with van der Waals surface area (Å²) in [4.78, 5) is 11.6. The largest absolute Gasteiger partial charge is 0.444 e. The average molecular weight is 299 g/mol. The highest BCUT2D eigenvalue weighted by Crippen LogP contribution is 2.24. The second kappa shape index (κ2) is 6.95. The van der Waals surface area contributed by atoms with Crippen LogP contribution in [-0.4, -0.2) is 24.8 Å². The van der Waals surface area contributed by atoms with Gasteiger partial charge in [0, 0.05) is 24.0 Å². The van der Waals surface area contributed by atoms with Gasteiger partial charge >= 0.3 is 6.09 Å². The fourth-order valence-corrected chi connectivity index (χ4v) is 2.19. The molecule has 5 heteroatoms. The highest BCUT2D eigenvalue weighted by atomic mass is 35.5. The first-order chi connectivity index (χ1) is 9.23. The molecule has 1 atom stereocenters. The predicted molar refractivity (Wildman–Crippen MR) is 82.2 cm³/mol. The standard InChI is InChI=1S/C15H23ClN2O2/c1-10-5-6-12(13(16)7-10)11(8-17)9-18-14(19)20-15(2,3)4/h5-7,11H,8-9,17H2,1-4H3,(H,18,19). The van der Waals surface area contributed by atoms with E-state index in [1.165, 1.54) is 0 Å². The van der Waals surface area contributed by atoms with Crippen LogP contribution in [0.15, 0.2) is 18.2 Å². The van der Waals surface area contributed by atoms with Crippen molar-refractivity contribution in [3.05, 3.63) is 34.3 Å². The van der Waals surface area contributed by atoms with E-state index in [4.69, 9.17) is 22.1 Å². The summed E-state index contributed by atoms with van der Waals surface area (Å²) in [7, 11) is 0. The minimum Gasteiger partial charge on any atom is -0.444 e. The van der Waals surface area contributed by atoms with Gasteiger partial charge in [0.25, 0.3) is 0 Å². The SMILES string of the molecule is Cc1ccc(C(CN)CNC(=O)OC(C)(C)C)c(Cl)c1. The van der Waals surface area contributed by atoms with E-state index in [1.54, 1.807) is 0 Å². The van der Waals surface area contributed by atoms with Gasteiger partial charge in [-0.15, -0.1) is 0 Å². The van der Waals surface area contributed by atoms with Gasteiger partial charge in [-0.05, 0) is 44.9 Å². The Labute approximate surface area is 125 Å². The van der Waals surface area contributed by atoms with Crippen LogP contribution in [-0.2, 0) is 4.74 Å². The molecule has 0 radical (unpaired) electrons. The van der Waals surface area contributed by atoms with Gasteiger partial charge in [0.1, 0.15) is 5.60 Å². The van der Waals surface area contributed by atoms with E-state index in [9.17, 15) is 4.79 Å². The van der Waals surface area contributed by atoms with Crippen molar-refractivity contribution >= 4 is 17.7 Å². The molecule has 0 heterocycles. The van der Waals surface area contributed by atoms with Crippen molar-refractivity contribution in [2.45, 2.75) is 39.2 Å². The Morgan fingerprint density at radius 3 is 2.60 bits per heavy atom. The maximum Gasteiger partial charge on any atom is 0.407 e. The number of aryl methyl sites for hydroxylation is 1. The number of ether oxygens (including phenoxy) is 1. The summed E-state index contributed by atoms with van der Waals surface area (Å²) in [5.74, 6) is -0.0318. The first kappa shape index (κ1) is 16.8. The Morgan fingerprint density at radius 2 is 2.10 bits per heavy atom. The molecule has 1 aromatic carbocycles. The number of hydrogen-bond acceptors (Lipinski definition) is 3. The van der Waals surface area contributed by atoms with Gasteiger partial charge in [-0.1, -0.05) is 23.7 Å². The van der Waals surface area contributed by atoms with E-state index in [0.29, 0.717) is 18.1 Å². The number of alkyl carbamates (subject to hydrolysis) is 1. The van der Waals surface area contributed by atoms with Crippen LogP contribution in [0.5, 0.6) is 0 Å². The fraction of sp³-hybridized carbons (Fsp3) is 0.533. The normalized spacial score (nSPS) is 12.9. The van der Waals surface area contributed by atoms with E-state index in [0.717, 1.165) is 11.1 Å². The van der Waals surface area contributed by atoms with Gasteiger partial charge < -0.3 is 15.8 Å². The summed E-state index contributed by atoms with van der Waals surface area (Å²) in [6.07, 6.45) is -0.445. The van der Waals surface area contributed by atoms with Crippen LogP contribution in [0.25, 0.3) is 0 Å². The molecule has 20 heavy (non-hydrogen) atoms. The number of nitrogens with two attached hydrogens (primary N) is 1. The molecule has 112 valence electrons. The van der Waals surface area contributed by atoms with E-state index in [-0.39, 0.29) is 5.92 Å². The molecule has 0 saturated heterocycles. The van der Waals surface area contributed by atoms with Gasteiger partial charge in [0.2, 0.25) is 0 Å². The minimum atomic E-state index is -0.510. The molecular formula is C15H23ClN2O2. The summed E-state index contributed by atoms with van der Waals surface area (Å²) < 4.78 is 5.19. The third kappa shape index (κ3) is 5.39. The summed E-state index contributed by atoms with van der Waals surface area (Å²) in [6, 6.07) is 5.83. The molecule has 0 spiro atoms. The van der Waals surface area contributed by atoms with Gasteiger partial charge in [0.15, 0.2) is 0 Å². The first-order valence-corrected chi connectivity index (χ1v) is 7.03. The van der Waals surface area contributed by atoms with E-state index >= 15 is 0 Å². The maximum atomic E-state index is 11.6. The van der Waals surface area contributed by atoms with Gasteiger partial charge in [-0.2, -0.15) is 0 Å². The molecule has 0 aromatic heterocycles. The van der Waals surface area contributed by atoms with Crippen LogP contribution < -0.4 is 11.1 Å². The quantitative estimate of drug-likeness (QED) is 0.897. The van der Waals surface area contributed by atoms with Crippen molar-refractivity contribution in [3.63, 3.8) is 0 Å². The summed E-state index contributed by atoms with van der Waals surface area (Å²) in [5, 5.41) is 3.40. The molecule has 0 bridgehead atoms. The molecule has 0 aliphatic rings. The monoisotopic (exact) mass is 298 g/mol. The van der Waals surface area contributed by atoms with E-state index in [1.807, 2.05) is 45.9 Å². The van der Waals surface area contributed by atoms with Crippen LogP contribution in [0.1, 0.15) is 37.8 Å². The number of amides is 1. The van der Waals surface area contributed by atoms with Crippen molar-refractivity contribution < 1.29 is 9.53 Å².